The second-order valence-corrected chi connectivity index (χ2v) is 3.98. The summed E-state index contributed by atoms with van der Waals surface area (Å²) in [4.78, 5) is 31.2. The number of carbonyl (C=O) groups excluding carboxylic acids is 2. The fraction of sp³-hybridized carbons (Fsp3) is 0.231. The summed E-state index contributed by atoms with van der Waals surface area (Å²) in [5.74, 6) is 0.149. The number of hydrogen-bond acceptors (Lipinski definition) is 5. The highest BCUT2D eigenvalue weighted by atomic mass is 16.3. The predicted molar refractivity (Wildman–Crippen MR) is 70.1 cm³/mol. The van der Waals surface area contributed by atoms with Crippen LogP contribution in [-0.2, 0) is 0 Å². The van der Waals surface area contributed by atoms with E-state index in [0.29, 0.717) is 24.6 Å². The molecule has 0 aliphatic rings. The van der Waals surface area contributed by atoms with Gasteiger partial charge < -0.3 is 15.1 Å². The lowest BCUT2D eigenvalue weighted by molar-refractivity contribution is 0.0909. The van der Waals surface area contributed by atoms with Crippen molar-refractivity contribution in [1.29, 1.82) is 0 Å². The number of amides is 2. The fourth-order valence-corrected chi connectivity index (χ4v) is 1.52. The van der Waals surface area contributed by atoms with Gasteiger partial charge in [-0.3, -0.25) is 9.59 Å². The highest BCUT2D eigenvalue weighted by molar-refractivity contribution is 5.92. The van der Waals surface area contributed by atoms with Crippen molar-refractivity contribution >= 4 is 11.8 Å². The van der Waals surface area contributed by atoms with Gasteiger partial charge in [0.15, 0.2) is 5.76 Å². The Kier molecular flexibility index (Phi) is 4.43. The van der Waals surface area contributed by atoms with Gasteiger partial charge in [-0.05, 0) is 25.1 Å². The van der Waals surface area contributed by atoms with E-state index in [4.69, 9.17) is 4.42 Å². The summed E-state index contributed by atoms with van der Waals surface area (Å²) >= 11 is 0. The highest BCUT2D eigenvalue weighted by Crippen LogP contribution is 1.98. The van der Waals surface area contributed by atoms with Crippen LogP contribution in [0.1, 0.15) is 26.9 Å². The molecule has 0 aliphatic heterocycles. The average Bonchev–Trinajstić information content (AvgIpc) is 2.97. The molecule has 2 rings (SSSR count). The monoisotopic (exact) mass is 274 g/mol. The molecule has 20 heavy (non-hydrogen) atoms. The molecule has 2 amide bonds. The van der Waals surface area contributed by atoms with E-state index in [1.807, 2.05) is 0 Å². The minimum absolute atomic E-state index is 0.239. The predicted octanol–water partition coefficient (Wildman–Crippen LogP) is 0.538. The van der Waals surface area contributed by atoms with Gasteiger partial charge in [0.2, 0.25) is 0 Å². The Hall–Kier alpha value is -2.70. The van der Waals surface area contributed by atoms with Crippen molar-refractivity contribution in [1.82, 2.24) is 20.6 Å². The van der Waals surface area contributed by atoms with Gasteiger partial charge in [-0.1, -0.05) is 0 Å². The van der Waals surface area contributed by atoms with Gasteiger partial charge in [0.05, 0.1) is 6.26 Å². The van der Waals surface area contributed by atoms with E-state index in [1.165, 1.54) is 18.5 Å². The van der Waals surface area contributed by atoms with Gasteiger partial charge in [0, 0.05) is 19.3 Å². The summed E-state index contributed by atoms with van der Waals surface area (Å²) in [6.07, 6.45) is 2.95. The molecule has 0 radical (unpaired) electrons. The molecule has 2 aromatic heterocycles. The Morgan fingerprint density at radius 1 is 1.20 bits per heavy atom. The SMILES string of the molecule is Cc1nccc(C(=O)NCCNC(=O)c2ccco2)n1. The Bertz CT molecular complexity index is 595. The molecule has 104 valence electrons. The normalized spacial score (nSPS) is 10.1. The summed E-state index contributed by atoms with van der Waals surface area (Å²) in [6.45, 7) is 2.31. The standard InChI is InChI=1S/C13H14N4O3/c1-9-14-5-4-10(17-9)12(18)15-6-7-16-13(19)11-3-2-8-20-11/h2-5,8H,6-7H2,1H3,(H,15,18)(H,16,19). The van der Waals surface area contributed by atoms with Gasteiger partial charge in [-0.2, -0.15) is 0 Å². The first kappa shape index (κ1) is 13.7. The largest absolute Gasteiger partial charge is 0.459 e. The van der Waals surface area contributed by atoms with Gasteiger partial charge in [-0.25, -0.2) is 9.97 Å². The maximum absolute atomic E-state index is 11.7. The number of aromatic nitrogens is 2. The minimum Gasteiger partial charge on any atom is -0.459 e. The Morgan fingerprint density at radius 3 is 2.60 bits per heavy atom. The zero-order valence-corrected chi connectivity index (χ0v) is 10.9. The molecule has 7 nitrogen and oxygen atoms in total. The van der Waals surface area contributed by atoms with E-state index < -0.39 is 0 Å². The summed E-state index contributed by atoms with van der Waals surface area (Å²) in [5.41, 5.74) is 0.301. The number of rotatable bonds is 5. The third kappa shape index (κ3) is 3.64. The first-order valence-corrected chi connectivity index (χ1v) is 6.06. The van der Waals surface area contributed by atoms with Crippen molar-refractivity contribution in [3.63, 3.8) is 0 Å². The van der Waals surface area contributed by atoms with Crippen LogP contribution < -0.4 is 10.6 Å². The molecular weight excluding hydrogens is 260 g/mol. The van der Waals surface area contributed by atoms with E-state index >= 15 is 0 Å². The third-order valence-electron chi connectivity index (χ3n) is 2.45. The average molecular weight is 274 g/mol. The summed E-state index contributed by atoms with van der Waals surface area (Å²) in [6, 6.07) is 4.73. The van der Waals surface area contributed by atoms with Crippen LogP contribution in [0.3, 0.4) is 0 Å². The third-order valence-corrected chi connectivity index (χ3v) is 2.45. The second kappa shape index (κ2) is 6.46. The molecule has 0 saturated carbocycles. The maximum atomic E-state index is 11.7. The van der Waals surface area contributed by atoms with Crippen molar-refractivity contribution in [2.45, 2.75) is 6.92 Å². The van der Waals surface area contributed by atoms with Crippen molar-refractivity contribution in [2.75, 3.05) is 13.1 Å². The molecule has 0 fully saturated rings. The first-order chi connectivity index (χ1) is 9.66. The lowest BCUT2D eigenvalue weighted by Crippen LogP contribution is -2.34. The lowest BCUT2D eigenvalue weighted by atomic mass is 10.3. The van der Waals surface area contributed by atoms with Crippen molar-refractivity contribution in [3.8, 4) is 0 Å². The Labute approximate surface area is 115 Å². The molecule has 0 atom stereocenters. The summed E-state index contributed by atoms with van der Waals surface area (Å²) in [5, 5.41) is 5.28. The molecular formula is C13H14N4O3. The van der Waals surface area contributed by atoms with E-state index in [2.05, 4.69) is 20.6 Å². The lowest BCUT2D eigenvalue weighted by Gasteiger charge is -2.05. The molecule has 0 aliphatic carbocycles. The van der Waals surface area contributed by atoms with Crippen LogP contribution in [-0.4, -0.2) is 34.9 Å². The smallest absolute Gasteiger partial charge is 0.287 e. The molecule has 0 unspecified atom stereocenters. The molecule has 0 aromatic carbocycles. The van der Waals surface area contributed by atoms with Crippen LogP contribution in [0.2, 0.25) is 0 Å². The molecule has 0 bridgehead atoms. The van der Waals surface area contributed by atoms with Crippen LogP contribution in [0, 0.1) is 6.92 Å². The molecule has 2 aromatic rings. The van der Waals surface area contributed by atoms with Gasteiger partial charge in [-0.15, -0.1) is 0 Å². The van der Waals surface area contributed by atoms with Crippen LogP contribution in [0.25, 0.3) is 0 Å². The zero-order chi connectivity index (χ0) is 14.4. The van der Waals surface area contributed by atoms with Crippen LogP contribution in [0.15, 0.2) is 35.1 Å². The Morgan fingerprint density at radius 2 is 1.95 bits per heavy atom. The zero-order valence-electron chi connectivity index (χ0n) is 10.9. The fourth-order valence-electron chi connectivity index (χ4n) is 1.52. The quantitative estimate of drug-likeness (QED) is 0.775. The minimum atomic E-state index is -0.317. The second-order valence-electron chi connectivity index (χ2n) is 3.98. The van der Waals surface area contributed by atoms with E-state index in [1.54, 1.807) is 19.1 Å². The number of aryl methyl sites for hydroxylation is 1. The number of nitrogens with zero attached hydrogens (tertiary/aromatic N) is 2. The van der Waals surface area contributed by atoms with Gasteiger partial charge in [0.25, 0.3) is 11.8 Å². The summed E-state index contributed by atoms with van der Waals surface area (Å²) in [7, 11) is 0. The maximum Gasteiger partial charge on any atom is 0.287 e. The molecule has 2 N–H and O–H groups in total. The topological polar surface area (TPSA) is 97.1 Å². The molecule has 0 saturated heterocycles. The van der Waals surface area contributed by atoms with Crippen molar-refractivity contribution < 1.29 is 14.0 Å². The molecule has 7 heteroatoms. The van der Waals surface area contributed by atoms with Crippen molar-refractivity contribution in [3.05, 3.63) is 47.9 Å². The number of nitrogens with one attached hydrogen (secondary N) is 2. The van der Waals surface area contributed by atoms with Crippen LogP contribution in [0.5, 0.6) is 0 Å². The number of furan rings is 1. The first-order valence-electron chi connectivity index (χ1n) is 6.06. The van der Waals surface area contributed by atoms with Crippen LogP contribution >= 0.6 is 0 Å². The van der Waals surface area contributed by atoms with Crippen LogP contribution in [0.4, 0.5) is 0 Å². The Balaban J connectivity index is 1.73. The van der Waals surface area contributed by atoms with Gasteiger partial charge in [0.1, 0.15) is 11.5 Å². The highest BCUT2D eigenvalue weighted by Gasteiger charge is 2.09. The number of hydrogen-bond donors (Lipinski definition) is 2. The van der Waals surface area contributed by atoms with E-state index in [0.717, 1.165) is 0 Å². The van der Waals surface area contributed by atoms with E-state index in [9.17, 15) is 9.59 Å². The van der Waals surface area contributed by atoms with Gasteiger partial charge >= 0.3 is 0 Å². The van der Waals surface area contributed by atoms with Crippen molar-refractivity contribution in [2.24, 2.45) is 0 Å². The van der Waals surface area contributed by atoms with E-state index in [-0.39, 0.29) is 17.6 Å². The molecule has 2 heterocycles. The summed E-state index contributed by atoms with van der Waals surface area (Å²) < 4.78 is 4.94. The molecule has 0 spiro atoms. The number of carbonyl (C=O) groups is 2.